The first-order valence-corrected chi connectivity index (χ1v) is 11.3. The molecule has 1 aromatic carbocycles. The molecule has 0 aromatic heterocycles. The number of halogens is 1. The smallest absolute Gasteiger partial charge is 0.311 e. The van der Waals surface area contributed by atoms with E-state index in [1.807, 2.05) is 29.2 Å². The Morgan fingerprint density at radius 2 is 1.79 bits per heavy atom. The molecule has 0 saturated heterocycles. The van der Waals surface area contributed by atoms with Gasteiger partial charge in [0, 0.05) is 22.6 Å². The zero-order chi connectivity index (χ0) is 20.9. The molecule has 29 heavy (non-hydrogen) atoms. The number of anilines is 1. The van der Waals surface area contributed by atoms with Crippen LogP contribution in [0.25, 0.3) is 0 Å². The van der Waals surface area contributed by atoms with Crippen molar-refractivity contribution in [3.05, 3.63) is 28.7 Å². The zero-order valence-electron chi connectivity index (χ0n) is 17.2. The molecule has 6 heteroatoms. The molecule has 1 aromatic rings. The van der Waals surface area contributed by atoms with Crippen LogP contribution < -0.4 is 4.90 Å². The Labute approximate surface area is 180 Å². The Morgan fingerprint density at radius 3 is 2.31 bits per heavy atom. The molecule has 0 unspecified atom stereocenters. The van der Waals surface area contributed by atoms with Crippen LogP contribution >= 0.6 is 15.9 Å². The van der Waals surface area contributed by atoms with Crippen molar-refractivity contribution in [2.24, 2.45) is 16.7 Å². The summed E-state index contributed by atoms with van der Waals surface area (Å²) >= 11 is 3.53. The largest absolute Gasteiger partial charge is 0.469 e. The van der Waals surface area contributed by atoms with Crippen LogP contribution in [0.4, 0.5) is 5.69 Å². The number of hydrogen-bond donors (Lipinski definition) is 1. The topological polar surface area (TPSA) is 66.8 Å². The predicted octanol–water partition coefficient (Wildman–Crippen LogP) is 4.46. The van der Waals surface area contributed by atoms with E-state index in [9.17, 15) is 14.7 Å². The minimum Gasteiger partial charge on any atom is -0.469 e. The molecule has 0 radical (unpaired) electrons. The first-order valence-electron chi connectivity index (χ1n) is 10.6. The Bertz CT molecular complexity index is 788. The van der Waals surface area contributed by atoms with Gasteiger partial charge >= 0.3 is 5.97 Å². The molecule has 158 valence electrons. The maximum Gasteiger partial charge on any atom is 0.311 e. The number of fused-ring (bicyclic) bond motifs is 3. The first-order chi connectivity index (χ1) is 13.7. The van der Waals surface area contributed by atoms with Gasteiger partial charge in [-0.15, -0.1) is 0 Å². The summed E-state index contributed by atoms with van der Waals surface area (Å²) in [6, 6.07) is 7.90. The molecule has 0 atom stereocenters. The number of ether oxygens (including phenoxy) is 1. The number of hydrogen-bond acceptors (Lipinski definition) is 4. The third kappa shape index (κ3) is 3.86. The number of nitrogens with zero attached hydrogens (tertiary/aromatic N) is 1. The van der Waals surface area contributed by atoms with Gasteiger partial charge in [0.05, 0.1) is 18.1 Å². The maximum absolute atomic E-state index is 13.4. The van der Waals surface area contributed by atoms with Crippen molar-refractivity contribution in [1.29, 1.82) is 0 Å². The minimum atomic E-state index is -0.725. The fraction of sp³-hybridized carbons (Fsp3) is 0.652. The Balaban J connectivity index is 1.55. The number of carbonyl (C=O) groups is 2. The van der Waals surface area contributed by atoms with Crippen molar-refractivity contribution >= 4 is 33.5 Å². The van der Waals surface area contributed by atoms with Gasteiger partial charge in [-0.25, -0.2) is 0 Å². The Hall–Kier alpha value is -1.40. The lowest BCUT2D eigenvalue weighted by atomic mass is 9.53. The summed E-state index contributed by atoms with van der Waals surface area (Å²) < 4.78 is 6.03. The highest BCUT2D eigenvalue weighted by Crippen LogP contribution is 2.58. The summed E-state index contributed by atoms with van der Waals surface area (Å²) in [5, 5.41) is 10.1. The van der Waals surface area contributed by atoms with E-state index in [1.54, 1.807) is 6.92 Å². The molecular weight excluding hydrogens is 434 g/mol. The fourth-order valence-electron chi connectivity index (χ4n) is 5.70. The molecule has 0 spiro atoms. The van der Waals surface area contributed by atoms with Gasteiger partial charge in [0.2, 0.25) is 5.91 Å². The van der Waals surface area contributed by atoms with Crippen LogP contribution in [0, 0.1) is 16.7 Å². The minimum absolute atomic E-state index is 0.0556. The molecule has 0 heterocycles. The molecule has 2 bridgehead atoms. The average Bonchev–Trinajstić information content (AvgIpc) is 2.70. The van der Waals surface area contributed by atoms with Crippen LogP contribution in [0.3, 0.4) is 0 Å². The average molecular weight is 464 g/mol. The van der Waals surface area contributed by atoms with Crippen molar-refractivity contribution in [2.75, 3.05) is 18.6 Å². The van der Waals surface area contributed by atoms with Crippen molar-refractivity contribution < 1.29 is 19.4 Å². The van der Waals surface area contributed by atoms with Crippen molar-refractivity contribution in [3.63, 3.8) is 0 Å². The summed E-state index contributed by atoms with van der Waals surface area (Å²) in [5.74, 6) is -0.0801. The molecule has 5 nitrogen and oxygen atoms in total. The number of carbonyl (C=O) groups excluding carboxylic acids is 2. The molecule has 0 aliphatic heterocycles. The molecule has 4 fully saturated rings. The van der Waals surface area contributed by atoms with Gasteiger partial charge in [-0.2, -0.15) is 0 Å². The lowest BCUT2D eigenvalue weighted by molar-refractivity contribution is -0.162. The van der Waals surface area contributed by atoms with E-state index < -0.39 is 5.60 Å². The molecule has 1 amide bonds. The second kappa shape index (κ2) is 7.38. The highest BCUT2D eigenvalue weighted by molar-refractivity contribution is 9.10. The molecule has 4 aliphatic rings. The third-order valence-corrected chi connectivity index (χ3v) is 8.11. The van der Waals surface area contributed by atoms with Crippen LogP contribution in [0.2, 0.25) is 0 Å². The van der Waals surface area contributed by atoms with Gasteiger partial charge in [-0.1, -0.05) is 22.0 Å². The molecular formula is C23H30BrNO4. The standard InChI is InChI=1S/C23H30BrNO4/c1-21(28)13-16(14-21)19(26)25(18-5-3-4-17(24)12-18)15-22-6-9-23(10-7-22,11-8-22)20(27)29-2/h3-5,12,16,28H,6-11,13-15H2,1-2H3. The van der Waals surface area contributed by atoms with Gasteiger partial charge in [0.25, 0.3) is 0 Å². The summed E-state index contributed by atoms with van der Waals surface area (Å²) in [6.07, 6.45) is 6.42. The Kier molecular flexibility index (Phi) is 5.31. The van der Waals surface area contributed by atoms with Crippen LogP contribution in [-0.2, 0) is 14.3 Å². The highest BCUT2D eigenvalue weighted by atomic mass is 79.9. The second-order valence-corrected chi connectivity index (χ2v) is 10.7. The number of methoxy groups -OCH3 is 1. The first kappa shape index (κ1) is 20.9. The molecule has 1 N–H and O–H groups in total. The van der Waals surface area contributed by atoms with E-state index in [1.165, 1.54) is 7.11 Å². The number of amides is 1. The maximum atomic E-state index is 13.4. The lowest BCUT2D eigenvalue weighted by Gasteiger charge is -2.53. The van der Waals surface area contributed by atoms with Crippen molar-refractivity contribution in [3.8, 4) is 0 Å². The third-order valence-electron chi connectivity index (χ3n) is 7.62. The fourth-order valence-corrected chi connectivity index (χ4v) is 6.08. The normalized spacial score (nSPS) is 35.7. The lowest BCUT2D eigenvalue weighted by Crippen LogP contribution is -2.55. The van der Waals surface area contributed by atoms with E-state index in [2.05, 4.69) is 15.9 Å². The quantitative estimate of drug-likeness (QED) is 0.654. The van der Waals surface area contributed by atoms with E-state index in [-0.39, 0.29) is 28.6 Å². The Morgan fingerprint density at radius 1 is 1.17 bits per heavy atom. The van der Waals surface area contributed by atoms with Crippen LogP contribution in [-0.4, -0.2) is 36.2 Å². The van der Waals surface area contributed by atoms with Gasteiger partial charge in [0.15, 0.2) is 0 Å². The SMILES string of the molecule is COC(=O)C12CCC(CN(C(=O)C3CC(C)(O)C3)c3cccc(Br)c3)(CC1)CC2. The summed E-state index contributed by atoms with van der Waals surface area (Å²) in [4.78, 5) is 27.7. The number of rotatable bonds is 5. The highest BCUT2D eigenvalue weighted by Gasteiger charge is 2.54. The van der Waals surface area contributed by atoms with E-state index in [0.29, 0.717) is 19.4 Å². The zero-order valence-corrected chi connectivity index (χ0v) is 18.8. The van der Waals surface area contributed by atoms with Crippen LogP contribution in [0.1, 0.15) is 58.3 Å². The summed E-state index contributed by atoms with van der Waals surface area (Å²) in [7, 11) is 1.48. The van der Waals surface area contributed by atoms with Gasteiger partial charge in [-0.05, 0) is 81.9 Å². The number of aliphatic hydroxyl groups is 1. The summed E-state index contributed by atoms with van der Waals surface area (Å²) in [6.45, 7) is 2.48. The van der Waals surface area contributed by atoms with Crippen LogP contribution in [0.15, 0.2) is 28.7 Å². The van der Waals surface area contributed by atoms with Gasteiger partial charge in [-0.3, -0.25) is 9.59 Å². The second-order valence-electron chi connectivity index (χ2n) is 9.78. The number of esters is 1. The van der Waals surface area contributed by atoms with Crippen molar-refractivity contribution in [2.45, 2.75) is 63.9 Å². The molecule has 4 saturated carbocycles. The van der Waals surface area contributed by atoms with E-state index in [4.69, 9.17) is 4.74 Å². The van der Waals surface area contributed by atoms with Gasteiger partial charge in [0.1, 0.15) is 0 Å². The number of benzene rings is 1. The van der Waals surface area contributed by atoms with E-state index in [0.717, 1.165) is 48.7 Å². The van der Waals surface area contributed by atoms with Crippen LogP contribution in [0.5, 0.6) is 0 Å². The molecule has 4 aliphatic carbocycles. The molecule has 5 rings (SSSR count). The predicted molar refractivity (Wildman–Crippen MR) is 114 cm³/mol. The van der Waals surface area contributed by atoms with Gasteiger partial charge < -0.3 is 14.7 Å². The summed E-state index contributed by atoms with van der Waals surface area (Å²) in [5.41, 5.74) is -0.0776. The van der Waals surface area contributed by atoms with Crippen molar-refractivity contribution in [1.82, 2.24) is 0 Å². The van der Waals surface area contributed by atoms with E-state index >= 15 is 0 Å². The monoisotopic (exact) mass is 463 g/mol.